The minimum atomic E-state index is 0.00608. The van der Waals surface area contributed by atoms with E-state index in [0.717, 1.165) is 23.1 Å². The number of hydrogen-bond donors (Lipinski definition) is 1. The first-order valence-electron chi connectivity index (χ1n) is 11.5. The molecule has 2 aliphatic carbocycles. The fraction of sp³-hybridized carbons (Fsp3) is 0.500. The van der Waals surface area contributed by atoms with Gasteiger partial charge in [0.05, 0.1) is 0 Å². The first kappa shape index (κ1) is 17.6. The second kappa shape index (κ2) is 6.62. The summed E-state index contributed by atoms with van der Waals surface area (Å²) in [5.74, 6) is 2.99. The van der Waals surface area contributed by atoms with Crippen molar-refractivity contribution < 1.29 is 4.79 Å². The van der Waals surface area contributed by atoms with Crippen molar-refractivity contribution in [3.05, 3.63) is 58.7 Å². The van der Waals surface area contributed by atoms with Gasteiger partial charge in [0.25, 0.3) is 5.91 Å². The molecule has 2 aliphatic heterocycles. The number of hydrogen-bond acceptors (Lipinski definition) is 2. The van der Waals surface area contributed by atoms with Gasteiger partial charge < -0.3 is 10.2 Å². The third-order valence-corrected chi connectivity index (χ3v) is 8.08. The Morgan fingerprint density at radius 3 is 2.07 bits per heavy atom. The van der Waals surface area contributed by atoms with Crippen LogP contribution in [0.3, 0.4) is 0 Å². The van der Waals surface area contributed by atoms with Crippen LogP contribution in [0.15, 0.2) is 36.4 Å². The molecule has 3 nitrogen and oxygen atoms in total. The van der Waals surface area contributed by atoms with E-state index in [1.165, 1.54) is 68.3 Å². The smallest absolute Gasteiger partial charge is 0.255 e. The fourth-order valence-electron chi connectivity index (χ4n) is 6.74. The van der Waals surface area contributed by atoms with E-state index in [4.69, 9.17) is 0 Å². The first-order valence-corrected chi connectivity index (χ1v) is 11.5. The molecule has 4 atom stereocenters. The van der Waals surface area contributed by atoms with E-state index < -0.39 is 0 Å². The van der Waals surface area contributed by atoms with E-state index in [0.29, 0.717) is 11.8 Å². The number of benzene rings is 2. The van der Waals surface area contributed by atoms with Crippen LogP contribution in [0.5, 0.6) is 0 Å². The zero-order valence-electron chi connectivity index (χ0n) is 17.3. The largest absolute Gasteiger partial charge is 0.370 e. The normalized spacial score (nSPS) is 29.2. The van der Waals surface area contributed by atoms with E-state index in [2.05, 4.69) is 29.3 Å². The summed E-state index contributed by atoms with van der Waals surface area (Å²) in [6, 6.07) is 12.5. The van der Waals surface area contributed by atoms with Crippen molar-refractivity contribution in [2.45, 2.75) is 57.3 Å². The van der Waals surface area contributed by atoms with Gasteiger partial charge in [0.1, 0.15) is 0 Å². The molecule has 2 saturated carbocycles. The van der Waals surface area contributed by atoms with E-state index in [-0.39, 0.29) is 5.91 Å². The lowest BCUT2D eigenvalue weighted by atomic mass is 9.75. The number of aryl methyl sites for hydroxylation is 1. The number of rotatable bonds is 2. The van der Waals surface area contributed by atoms with Crippen molar-refractivity contribution in [2.24, 2.45) is 11.8 Å². The number of carbonyl (C=O) groups excluding carboxylic acids is 1. The van der Waals surface area contributed by atoms with Gasteiger partial charge in [-0.05, 0) is 91.7 Å². The molecule has 1 N–H and O–H groups in total. The van der Waals surface area contributed by atoms with Crippen LogP contribution in [0.4, 0.5) is 11.4 Å². The summed E-state index contributed by atoms with van der Waals surface area (Å²) in [6.07, 6.45) is 8.06. The van der Waals surface area contributed by atoms with E-state index in [9.17, 15) is 4.79 Å². The third kappa shape index (κ3) is 2.81. The van der Waals surface area contributed by atoms with Gasteiger partial charge in [0.2, 0.25) is 0 Å². The predicted molar refractivity (Wildman–Crippen MR) is 118 cm³/mol. The Morgan fingerprint density at radius 2 is 1.48 bits per heavy atom. The van der Waals surface area contributed by atoms with Gasteiger partial charge in [-0.2, -0.15) is 0 Å². The Labute approximate surface area is 173 Å². The molecule has 29 heavy (non-hydrogen) atoms. The minimum Gasteiger partial charge on any atom is -0.370 e. The van der Waals surface area contributed by atoms with Gasteiger partial charge in [-0.3, -0.25) is 4.79 Å². The van der Waals surface area contributed by atoms with Crippen LogP contribution < -0.4 is 10.2 Å². The van der Waals surface area contributed by atoms with Gasteiger partial charge in [-0.15, -0.1) is 0 Å². The molecule has 0 aromatic heterocycles. The molecular weight excluding hydrogens is 356 g/mol. The highest BCUT2D eigenvalue weighted by molar-refractivity contribution is 6.04. The average molecular weight is 387 g/mol. The van der Waals surface area contributed by atoms with Crippen molar-refractivity contribution in [3.8, 4) is 0 Å². The van der Waals surface area contributed by atoms with E-state index in [1.807, 2.05) is 24.3 Å². The fourth-order valence-corrected chi connectivity index (χ4v) is 6.74. The molecule has 0 unspecified atom stereocenters. The van der Waals surface area contributed by atoms with Crippen molar-refractivity contribution in [1.82, 2.24) is 0 Å². The maximum Gasteiger partial charge on any atom is 0.255 e. The molecule has 0 saturated heterocycles. The number of carbonyl (C=O) groups is 1. The maximum atomic E-state index is 12.9. The Kier molecular flexibility index (Phi) is 4.01. The number of amides is 1. The molecule has 6 rings (SSSR count). The standard InChI is InChI=1S/C26H30N2O/c1-16-8-10-17(11-9-16)26(29)27-20-12-23-21-6-2-4-18(21)14-28-15-19-5-3-7-22(19)24(13-20)25(23)28/h8-13,18-19,21-22H,2-7,14-15H2,1H3,(H,27,29)/t18-,19-,21+,22+/m1/s1. The zero-order chi connectivity index (χ0) is 19.5. The van der Waals surface area contributed by atoms with Gasteiger partial charge in [-0.1, -0.05) is 30.5 Å². The van der Waals surface area contributed by atoms with E-state index in [1.54, 1.807) is 5.69 Å². The predicted octanol–water partition coefficient (Wildman–Crippen LogP) is 5.85. The monoisotopic (exact) mass is 386 g/mol. The summed E-state index contributed by atoms with van der Waals surface area (Å²) in [5, 5.41) is 3.24. The maximum absolute atomic E-state index is 12.9. The molecule has 2 aromatic rings. The van der Waals surface area contributed by atoms with Gasteiger partial charge in [0.15, 0.2) is 0 Å². The van der Waals surface area contributed by atoms with Crippen LogP contribution in [-0.4, -0.2) is 19.0 Å². The lowest BCUT2D eigenvalue weighted by molar-refractivity contribution is 0.102. The minimum absolute atomic E-state index is 0.00608. The third-order valence-electron chi connectivity index (χ3n) is 8.08. The molecule has 2 fully saturated rings. The second-order valence-corrected chi connectivity index (χ2v) is 9.82. The molecule has 0 radical (unpaired) electrons. The van der Waals surface area contributed by atoms with Crippen LogP contribution in [0, 0.1) is 18.8 Å². The quantitative estimate of drug-likeness (QED) is 0.702. The van der Waals surface area contributed by atoms with Crippen molar-refractivity contribution in [1.29, 1.82) is 0 Å². The van der Waals surface area contributed by atoms with Gasteiger partial charge in [0, 0.05) is 30.0 Å². The number of nitrogens with one attached hydrogen (secondary N) is 1. The van der Waals surface area contributed by atoms with Crippen LogP contribution in [0.25, 0.3) is 0 Å². The Balaban J connectivity index is 1.41. The van der Waals surface area contributed by atoms with Crippen molar-refractivity contribution in [2.75, 3.05) is 23.3 Å². The molecule has 1 amide bonds. The summed E-state index contributed by atoms with van der Waals surface area (Å²) < 4.78 is 0. The summed E-state index contributed by atoms with van der Waals surface area (Å²) in [4.78, 5) is 15.6. The van der Waals surface area contributed by atoms with Gasteiger partial charge >= 0.3 is 0 Å². The SMILES string of the molecule is Cc1ccc(C(=O)Nc2cc3c4c(c2)[C@H]2CCC[C@@H]2CN4C[C@H]2CCC[C@H]32)cc1. The highest BCUT2D eigenvalue weighted by Crippen LogP contribution is 2.56. The number of fused-ring (bicyclic) bond motifs is 4. The lowest BCUT2D eigenvalue weighted by Gasteiger charge is -2.46. The van der Waals surface area contributed by atoms with Crippen LogP contribution in [0.1, 0.15) is 77.4 Å². The molecule has 3 heteroatoms. The highest BCUT2D eigenvalue weighted by Gasteiger charge is 2.44. The molecule has 150 valence electrons. The Bertz CT molecular complexity index is 918. The molecule has 2 aromatic carbocycles. The van der Waals surface area contributed by atoms with Crippen molar-refractivity contribution in [3.63, 3.8) is 0 Å². The number of anilines is 2. The zero-order valence-corrected chi connectivity index (χ0v) is 17.3. The average Bonchev–Trinajstić information content (AvgIpc) is 3.38. The molecule has 0 spiro atoms. The Morgan fingerprint density at radius 1 is 0.897 bits per heavy atom. The number of nitrogens with zero attached hydrogens (tertiary/aromatic N) is 1. The molecular formula is C26H30N2O. The molecule has 2 heterocycles. The molecule has 0 bridgehead atoms. The van der Waals surface area contributed by atoms with Crippen LogP contribution in [0.2, 0.25) is 0 Å². The summed E-state index contributed by atoms with van der Waals surface area (Å²) >= 11 is 0. The lowest BCUT2D eigenvalue weighted by Crippen LogP contribution is -2.43. The Hall–Kier alpha value is -2.29. The second-order valence-electron chi connectivity index (χ2n) is 9.82. The topological polar surface area (TPSA) is 32.3 Å². The first-order chi connectivity index (χ1) is 14.2. The molecule has 4 aliphatic rings. The van der Waals surface area contributed by atoms with Gasteiger partial charge in [-0.25, -0.2) is 0 Å². The summed E-state index contributed by atoms with van der Waals surface area (Å²) in [6.45, 7) is 4.56. The van der Waals surface area contributed by atoms with E-state index >= 15 is 0 Å². The summed E-state index contributed by atoms with van der Waals surface area (Å²) in [5.41, 5.74) is 7.52. The summed E-state index contributed by atoms with van der Waals surface area (Å²) in [7, 11) is 0. The van der Waals surface area contributed by atoms with Crippen LogP contribution >= 0.6 is 0 Å². The highest BCUT2D eigenvalue weighted by atomic mass is 16.1. The van der Waals surface area contributed by atoms with Crippen LogP contribution in [-0.2, 0) is 0 Å². The van der Waals surface area contributed by atoms with Crippen molar-refractivity contribution >= 4 is 17.3 Å².